The highest BCUT2D eigenvalue weighted by molar-refractivity contribution is 5.85. The number of nitrogens with one attached hydrogen (secondary N) is 2. The Balaban J connectivity index is 2.41. The van der Waals surface area contributed by atoms with Crippen LogP contribution in [0.25, 0.3) is 0 Å². The molecule has 2 amide bonds. The Morgan fingerprint density at radius 2 is 1.94 bits per heavy atom. The second kappa shape index (κ2) is 5.38. The van der Waals surface area contributed by atoms with E-state index < -0.39 is 17.5 Å². The summed E-state index contributed by atoms with van der Waals surface area (Å²) in [6, 6.07) is -0.222. The third kappa shape index (κ3) is 4.24. The van der Waals surface area contributed by atoms with Gasteiger partial charge in [-0.3, -0.25) is 0 Å². The number of hydrogen-bond acceptors (Lipinski definition) is 2. The SMILES string of the molecule is CC1CCCC(NC(=O)NC(C)(C)C(=O)O)C1. The molecule has 17 heavy (non-hydrogen) atoms. The lowest BCUT2D eigenvalue weighted by Gasteiger charge is -2.29. The van der Waals surface area contributed by atoms with Crippen molar-refractivity contribution in [1.82, 2.24) is 10.6 Å². The van der Waals surface area contributed by atoms with Gasteiger partial charge in [-0.1, -0.05) is 19.8 Å². The van der Waals surface area contributed by atoms with Crippen molar-refractivity contribution in [1.29, 1.82) is 0 Å². The first kappa shape index (κ1) is 13.8. The van der Waals surface area contributed by atoms with Crippen LogP contribution in [0, 0.1) is 5.92 Å². The van der Waals surface area contributed by atoms with Gasteiger partial charge in [0.15, 0.2) is 0 Å². The molecule has 2 atom stereocenters. The Morgan fingerprint density at radius 3 is 2.47 bits per heavy atom. The highest BCUT2D eigenvalue weighted by atomic mass is 16.4. The third-order valence-electron chi connectivity index (χ3n) is 3.23. The molecule has 0 bridgehead atoms. The molecule has 1 aliphatic carbocycles. The molecule has 0 heterocycles. The summed E-state index contributed by atoms with van der Waals surface area (Å²) >= 11 is 0. The number of carbonyl (C=O) groups is 2. The molecule has 3 N–H and O–H groups in total. The summed E-state index contributed by atoms with van der Waals surface area (Å²) in [4.78, 5) is 22.5. The van der Waals surface area contributed by atoms with Gasteiger partial charge in [-0.2, -0.15) is 0 Å². The molecule has 5 heteroatoms. The number of aliphatic carboxylic acids is 1. The summed E-state index contributed by atoms with van der Waals surface area (Å²) in [5, 5.41) is 14.2. The molecule has 0 radical (unpaired) electrons. The fourth-order valence-electron chi connectivity index (χ4n) is 2.12. The van der Waals surface area contributed by atoms with Gasteiger partial charge in [0.25, 0.3) is 0 Å². The first-order valence-corrected chi connectivity index (χ1v) is 6.13. The van der Waals surface area contributed by atoms with E-state index in [1.165, 1.54) is 20.3 Å². The van der Waals surface area contributed by atoms with Crippen molar-refractivity contribution < 1.29 is 14.7 Å². The zero-order valence-corrected chi connectivity index (χ0v) is 10.7. The summed E-state index contributed by atoms with van der Waals surface area (Å²) in [5.74, 6) is -0.411. The van der Waals surface area contributed by atoms with Crippen LogP contribution >= 0.6 is 0 Å². The molecule has 5 nitrogen and oxygen atoms in total. The lowest BCUT2D eigenvalue weighted by atomic mass is 9.87. The van der Waals surface area contributed by atoms with Crippen molar-refractivity contribution in [3.8, 4) is 0 Å². The first-order valence-electron chi connectivity index (χ1n) is 6.13. The topological polar surface area (TPSA) is 78.4 Å². The van der Waals surface area contributed by atoms with Crippen molar-refractivity contribution in [2.24, 2.45) is 5.92 Å². The number of carboxylic acid groups (broad SMARTS) is 1. The minimum absolute atomic E-state index is 0.170. The molecule has 0 aromatic carbocycles. The van der Waals surface area contributed by atoms with Crippen LogP contribution in [0.4, 0.5) is 4.79 Å². The van der Waals surface area contributed by atoms with Crippen LogP contribution in [0.2, 0.25) is 0 Å². The third-order valence-corrected chi connectivity index (χ3v) is 3.23. The van der Waals surface area contributed by atoms with Crippen LogP contribution in [-0.2, 0) is 4.79 Å². The molecule has 0 aliphatic heterocycles. The largest absolute Gasteiger partial charge is 0.480 e. The molecule has 1 fully saturated rings. The molecule has 0 aromatic heterocycles. The van der Waals surface area contributed by atoms with E-state index in [0.717, 1.165) is 19.3 Å². The van der Waals surface area contributed by atoms with Crippen LogP contribution in [0.15, 0.2) is 0 Å². The molecule has 1 aliphatic rings. The average molecular weight is 242 g/mol. The predicted octanol–water partition coefficient (Wildman–Crippen LogP) is 1.73. The lowest BCUT2D eigenvalue weighted by molar-refractivity contribution is -0.142. The molecular formula is C12H22N2O3. The average Bonchev–Trinajstić information content (AvgIpc) is 2.15. The quantitative estimate of drug-likeness (QED) is 0.705. The zero-order valence-electron chi connectivity index (χ0n) is 10.7. The smallest absolute Gasteiger partial charge is 0.328 e. The van der Waals surface area contributed by atoms with E-state index in [2.05, 4.69) is 17.6 Å². The van der Waals surface area contributed by atoms with E-state index in [-0.39, 0.29) is 6.04 Å². The van der Waals surface area contributed by atoms with Crippen LogP contribution < -0.4 is 10.6 Å². The second-order valence-corrected chi connectivity index (χ2v) is 5.50. The Kier molecular flexibility index (Phi) is 4.37. The van der Waals surface area contributed by atoms with Gasteiger partial charge in [0, 0.05) is 6.04 Å². The van der Waals surface area contributed by atoms with Gasteiger partial charge in [-0.15, -0.1) is 0 Å². The van der Waals surface area contributed by atoms with E-state index in [1.54, 1.807) is 0 Å². The van der Waals surface area contributed by atoms with Gasteiger partial charge in [0.05, 0.1) is 0 Å². The van der Waals surface area contributed by atoms with Crippen molar-refractivity contribution in [3.05, 3.63) is 0 Å². The van der Waals surface area contributed by atoms with Gasteiger partial charge in [0.2, 0.25) is 0 Å². The minimum Gasteiger partial charge on any atom is -0.480 e. The maximum absolute atomic E-state index is 11.7. The molecule has 1 rings (SSSR count). The molecular weight excluding hydrogens is 220 g/mol. The molecule has 1 saturated carbocycles. The lowest BCUT2D eigenvalue weighted by Crippen LogP contribution is -2.55. The van der Waals surface area contributed by atoms with Gasteiger partial charge < -0.3 is 15.7 Å². The number of rotatable bonds is 3. The minimum atomic E-state index is -1.23. The predicted molar refractivity (Wildman–Crippen MR) is 64.8 cm³/mol. The van der Waals surface area contributed by atoms with E-state index in [9.17, 15) is 9.59 Å². The summed E-state index contributed by atoms with van der Waals surface area (Å²) in [5.41, 5.74) is -1.23. The normalized spacial score (nSPS) is 25.1. The van der Waals surface area contributed by atoms with Crippen molar-refractivity contribution in [2.45, 2.75) is 58.0 Å². The Labute approximate surface area is 102 Å². The zero-order chi connectivity index (χ0) is 13.1. The maximum Gasteiger partial charge on any atom is 0.328 e. The van der Waals surface area contributed by atoms with E-state index in [1.807, 2.05) is 0 Å². The number of hydrogen-bond donors (Lipinski definition) is 3. The summed E-state index contributed by atoms with van der Waals surface area (Å²) in [7, 11) is 0. The first-order chi connectivity index (χ1) is 7.81. The fraction of sp³-hybridized carbons (Fsp3) is 0.833. The van der Waals surface area contributed by atoms with Crippen molar-refractivity contribution >= 4 is 12.0 Å². The molecule has 0 saturated heterocycles. The van der Waals surface area contributed by atoms with E-state index in [0.29, 0.717) is 5.92 Å². The number of carboxylic acids is 1. The van der Waals surface area contributed by atoms with Gasteiger partial charge in [-0.25, -0.2) is 9.59 Å². The van der Waals surface area contributed by atoms with Crippen LogP contribution in [0.3, 0.4) is 0 Å². The van der Waals surface area contributed by atoms with Crippen LogP contribution in [0.1, 0.15) is 46.5 Å². The summed E-state index contributed by atoms with van der Waals surface area (Å²) in [6.07, 6.45) is 4.28. The summed E-state index contributed by atoms with van der Waals surface area (Å²) < 4.78 is 0. The Morgan fingerprint density at radius 1 is 1.29 bits per heavy atom. The fourth-order valence-corrected chi connectivity index (χ4v) is 2.12. The summed E-state index contributed by atoms with van der Waals surface area (Å²) in [6.45, 7) is 5.11. The van der Waals surface area contributed by atoms with Gasteiger partial charge in [0.1, 0.15) is 5.54 Å². The van der Waals surface area contributed by atoms with E-state index in [4.69, 9.17) is 5.11 Å². The standard InChI is InChI=1S/C12H22N2O3/c1-8-5-4-6-9(7-8)13-11(17)14-12(2,3)10(15)16/h8-9H,4-7H2,1-3H3,(H,15,16)(H2,13,14,17). The molecule has 98 valence electrons. The highest BCUT2D eigenvalue weighted by Crippen LogP contribution is 2.23. The van der Waals surface area contributed by atoms with Gasteiger partial charge >= 0.3 is 12.0 Å². The Hall–Kier alpha value is -1.26. The van der Waals surface area contributed by atoms with Crippen molar-refractivity contribution in [3.63, 3.8) is 0 Å². The Bertz CT molecular complexity index is 302. The molecule has 0 aromatic rings. The highest BCUT2D eigenvalue weighted by Gasteiger charge is 2.30. The molecule has 2 unspecified atom stereocenters. The maximum atomic E-state index is 11.7. The second-order valence-electron chi connectivity index (χ2n) is 5.50. The monoisotopic (exact) mass is 242 g/mol. The van der Waals surface area contributed by atoms with Crippen LogP contribution in [0.5, 0.6) is 0 Å². The molecule has 0 spiro atoms. The van der Waals surface area contributed by atoms with E-state index >= 15 is 0 Å². The van der Waals surface area contributed by atoms with Crippen molar-refractivity contribution in [2.75, 3.05) is 0 Å². The van der Waals surface area contributed by atoms with Crippen LogP contribution in [-0.4, -0.2) is 28.7 Å². The van der Waals surface area contributed by atoms with Gasteiger partial charge in [-0.05, 0) is 32.6 Å². The number of amides is 2. The number of carbonyl (C=O) groups excluding carboxylic acids is 1. The number of urea groups is 1.